The van der Waals surface area contributed by atoms with E-state index in [4.69, 9.17) is 9.84 Å². The number of ether oxygens (including phenoxy) is 1. The van der Waals surface area contributed by atoms with E-state index in [-0.39, 0.29) is 0 Å². The van der Waals surface area contributed by atoms with E-state index >= 15 is 0 Å². The monoisotopic (exact) mass is 279 g/mol. The lowest BCUT2D eigenvalue weighted by atomic mass is 10.2. The minimum absolute atomic E-state index is 0.306. The van der Waals surface area contributed by atoms with Crippen LogP contribution in [0.15, 0.2) is 18.3 Å². The van der Waals surface area contributed by atoms with Crippen molar-refractivity contribution >= 4 is 17.9 Å². The van der Waals surface area contributed by atoms with Crippen molar-refractivity contribution in [1.29, 1.82) is 0 Å². The predicted molar refractivity (Wildman–Crippen MR) is 72.0 cm³/mol. The number of carboxylic acid groups (broad SMARTS) is 1. The Bertz CT molecular complexity index is 498. The lowest BCUT2D eigenvalue weighted by Gasteiger charge is -2.34. The van der Waals surface area contributed by atoms with Gasteiger partial charge in [0.2, 0.25) is 0 Å². The van der Waals surface area contributed by atoms with Gasteiger partial charge in [0.1, 0.15) is 11.4 Å². The molecule has 1 aromatic rings. The molecule has 1 aromatic heterocycles. The first-order valence-corrected chi connectivity index (χ1v) is 6.48. The Kier molecular flexibility index (Phi) is 4.39. The van der Waals surface area contributed by atoms with E-state index in [1.807, 2.05) is 4.90 Å². The zero-order chi connectivity index (χ0) is 14.5. The van der Waals surface area contributed by atoms with Crippen molar-refractivity contribution in [3.8, 4) is 0 Å². The van der Waals surface area contributed by atoms with Gasteiger partial charge in [-0.25, -0.2) is 14.6 Å². The van der Waals surface area contributed by atoms with Crippen molar-refractivity contribution in [2.45, 2.75) is 6.92 Å². The Morgan fingerprint density at radius 2 is 2.05 bits per heavy atom. The summed E-state index contributed by atoms with van der Waals surface area (Å²) < 4.78 is 5.01. The number of amides is 1. The summed E-state index contributed by atoms with van der Waals surface area (Å²) >= 11 is 0. The van der Waals surface area contributed by atoms with Crippen LogP contribution >= 0.6 is 0 Å². The maximum absolute atomic E-state index is 11.9. The standard InChI is InChI=1S/C13H17N3O4/c1-2-20-12(17)10-4-3-5-14-11(10)15-6-8-16(9-7-15)13(18)19/h3-5H,2,6-9H2,1H3,(H,18,19). The fraction of sp³-hybridized carbons (Fsp3) is 0.462. The number of carbonyl (C=O) groups excluding carboxylic acids is 1. The van der Waals surface area contributed by atoms with Gasteiger partial charge in [-0.1, -0.05) is 0 Å². The molecule has 0 aliphatic carbocycles. The molecule has 1 aliphatic rings. The first-order chi connectivity index (χ1) is 9.63. The Labute approximate surface area is 116 Å². The van der Waals surface area contributed by atoms with Gasteiger partial charge in [-0.05, 0) is 19.1 Å². The maximum Gasteiger partial charge on any atom is 0.407 e. The van der Waals surface area contributed by atoms with Crippen LogP contribution in [-0.2, 0) is 4.74 Å². The smallest absolute Gasteiger partial charge is 0.407 e. The van der Waals surface area contributed by atoms with E-state index in [0.717, 1.165) is 0 Å². The van der Waals surface area contributed by atoms with Crippen LogP contribution in [0.2, 0.25) is 0 Å². The van der Waals surface area contributed by atoms with Crippen LogP contribution in [0.4, 0.5) is 10.6 Å². The summed E-state index contributed by atoms with van der Waals surface area (Å²) in [6, 6.07) is 3.35. The molecule has 1 amide bonds. The first-order valence-electron chi connectivity index (χ1n) is 6.48. The van der Waals surface area contributed by atoms with Crippen LogP contribution in [0.5, 0.6) is 0 Å². The number of hydrogen-bond donors (Lipinski definition) is 1. The summed E-state index contributed by atoms with van der Waals surface area (Å²) in [5.41, 5.74) is 0.415. The fourth-order valence-corrected chi connectivity index (χ4v) is 2.13. The first kappa shape index (κ1) is 14.1. The molecule has 0 atom stereocenters. The van der Waals surface area contributed by atoms with Crippen molar-refractivity contribution in [1.82, 2.24) is 9.88 Å². The summed E-state index contributed by atoms with van der Waals surface area (Å²) in [7, 11) is 0. The van der Waals surface area contributed by atoms with Crippen LogP contribution in [0, 0.1) is 0 Å². The van der Waals surface area contributed by atoms with Gasteiger partial charge in [-0.3, -0.25) is 0 Å². The Morgan fingerprint density at radius 1 is 1.35 bits per heavy atom. The SMILES string of the molecule is CCOC(=O)c1cccnc1N1CCN(C(=O)O)CC1. The van der Waals surface area contributed by atoms with Crippen LogP contribution in [-0.4, -0.2) is 59.8 Å². The van der Waals surface area contributed by atoms with Crippen molar-refractivity contribution in [2.75, 3.05) is 37.7 Å². The Morgan fingerprint density at radius 3 is 2.65 bits per heavy atom. The number of nitrogens with zero attached hydrogens (tertiary/aromatic N) is 3. The van der Waals surface area contributed by atoms with Gasteiger partial charge in [0.05, 0.1) is 6.61 Å². The van der Waals surface area contributed by atoms with Crippen molar-refractivity contribution in [3.63, 3.8) is 0 Å². The van der Waals surface area contributed by atoms with Gasteiger partial charge >= 0.3 is 12.1 Å². The van der Waals surface area contributed by atoms with Gasteiger partial charge < -0.3 is 19.6 Å². The van der Waals surface area contributed by atoms with Gasteiger partial charge in [0.15, 0.2) is 0 Å². The molecule has 1 fully saturated rings. The summed E-state index contributed by atoms with van der Waals surface area (Å²) in [6.07, 6.45) is 0.693. The number of carbonyl (C=O) groups is 2. The van der Waals surface area contributed by atoms with E-state index in [0.29, 0.717) is 44.2 Å². The number of aromatic nitrogens is 1. The van der Waals surface area contributed by atoms with Gasteiger partial charge in [0.25, 0.3) is 0 Å². The zero-order valence-corrected chi connectivity index (χ0v) is 11.3. The highest BCUT2D eigenvalue weighted by molar-refractivity contribution is 5.94. The van der Waals surface area contributed by atoms with Gasteiger partial charge in [0, 0.05) is 32.4 Å². The molecule has 1 N–H and O–H groups in total. The highest BCUT2D eigenvalue weighted by Crippen LogP contribution is 2.19. The van der Waals surface area contributed by atoms with Crippen molar-refractivity contribution in [3.05, 3.63) is 23.9 Å². The third-order valence-corrected chi connectivity index (χ3v) is 3.13. The van der Waals surface area contributed by atoms with E-state index in [2.05, 4.69) is 4.98 Å². The van der Waals surface area contributed by atoms with Crippen LogP contribution in [0.1, 0.15) is 17.3 Å². The van der Waals surface area contributed by atoms with E-state index in [9.17, 15) is 9.59 Å². The normalized spacial score (nSPS) is 15.1. The Balaban J connectivity index is 2.14. The highest BCUT2D eigenvalue weighted by Gasteiger charge is 2.24. The van der Waals surface area contributed by atoms with Gasteiger partial charge in [-0.15, -0.1) is 0 Å². The molecule has 1 saturated heterocycles. The maximum atomic E-state index is 11.9. The topological polar surface area (TPSA) is 83.0 Å². The average molecular weight is 279 g/mol. The molecule has 0 bridgehead atoms. The number of esters is 1. The molecule has 0 saturated carbocycles. The van der Waals surface area contributed by atoms with E-state index in [1.165, 1.54) is 4.90 Å². The summed E-state index contributed by atoms with van der Waals surface area (Å²) in [4.78, 5) is 30.3. The molecule has 7 nitrogen and oxygen atoms in total. The second-order valence-corrected chi connectivity index (χ2v) is 4.35. The number of pyridine rings is 1. The molecule has 1 aliphatic heterocycles. The molecule has 7 heteroatoms. The van der Waals surface area contributed by atoms with E-state index in [1.54, 1.807) is 25.3 Å². The summed E-state index contributed by atoms with van der Waals surface area (Å²) in [5, 5.41) is 8.93. The molecule has 0 aromatic carbocycles. The number of rotatable bonds is 3. The molecule has 2 rings (SSSR count). The molecular weight excluding hydrogens is 262 g/mol. The molecule has 0 radical (unpaired) electrons. The largest absolute Gasteiger partial charge is 0.465 e. The summed E-state index contributed by atoms with van der Waals surface area (Å²) in [5.74, 6) is 0.146. The van der Waals surface area contributed by atoms with Crippen molar-refractivity contribution in [2.24, 2.45) is 0 Å². The number of anilines is 1. The predicted octanol–water partition coefficient (Wildman–Crippen LogP) is 1.06. The zero-order valence-electron chi connectivity index (χ0n) is 11.3. The molecule has 2 heterocycles. The average Bonchev–Trinajstić information content (AvgIpc) is 2.47. The second kappa shape index (κ2) is 6.23. The fourth-order valence-electron chi connectivity index (χ4n) is 2.13. The van der Waals surface area contributed by atoms with Gasteiger partial charge in [-0.2, -0.15) is 0 Å². The second-order valence-electron chi connectivity index (χ2n) is 4.35. The van der Waals surface area contributed by atoms with Crippen LogP contribution in [0.25, 0.3) is 0 Å². The molecule has 108 valence electrons. The quantitative estimate of drug-likeness (QED) is 0.833. The highest BCUT2D eigenvalue weighted by atomic mass is 16.5. The molecular formula is C13H17N3O4. The lowest BCUT2D eigenvalue weighted by molar-refractivity contribution is 0.0526. The third-order valence-electron chi connectivity index (χ3n) is 3.13. The van der Waals surface area contributed by atoms with Crippen molar-refractivity contribution < 1.29 is 19.4 Å². The number of piperazine rings is 1. The number of hydrogen-bond acceptors (Lipinski definition) is 5. The Hall–Kier alpha value is -2.31. The summed E-state index contributed by atoms with van der Waals surface area (Å²) in [6.45, 7) is 3.87. The third kappa shape index (κ3) is 2.98. The molecule has 0 unspecified atom stereocenters. The molecule has 20 heavy (non-hydrogen) atoms. The van der Waals surface area contributed by atoms with Crippen LogP contribution in [0.3, 0.4) is 0 Å². The lowest BCUT2D eigenvalue weighted by Crippen LogP contribution is -2.49. The van der Waals surface area contributed by atoms with E-state index < -0.39 is 12.1 Å². The molecule has 0 spiro atoms. The minimum Gasteiger partial charge on any atom is -0.465 e. The van der Waals surface area contributed by atoms with Crippen LogP contribution < -0.4 is 4.90 Å². The minimum atomic E-state index is -0.920.